The maximum atomic E-state index is 9.58. The summed E-state index contributed by atoms with van der Waals surface area (Å²) >= 11 is 0. The molecule has 238 valence electrons. The zero-order chi connectivity index (χ0) is 31.0. The molecule has 18 heteroatoms. The van der Waals surface area contributed by atoms with Gasteiger partial charge in [0.25, 0.3) is 0 Å². The Kier molecular flexibility index (Phi) is 10.2. The van der Waals surface area contributed by atoms with E-state index >= 15 is 0 Å². The van der Waals surface area contributed by atoms with Gasteiger partial charge in [-0.15, -0.1) is 0 Å². The van der Waals surface area contributed by atoms with Gasteiger partial charge in [0.15, 0.2) is 34.5 Å². The number of hydrogen-bond donors (Lipinski definition) is 4. The van der Waals surface area contributed by atoms with Gasteiger partial charge in [-0.25, -0.2) is 29.9 Å². The van der Waals surface area contributed by atoms with Gasteiger partial charge < -0.3 is 49.8 Å². The second-order valence-electron chi connectivity index (χ2n) is 12.0. The fraction of sp³-hybridized carbons (Fsp3) is 0.500. The standard InChI is InChI=1S/2C14H17N5O3.2Y/c2*1-14(2)21-10-7(4-20)3-8(11(10)22-14)19-6-18-9-12(15)16-5-17-13(9)19;;/h2*3,5-6,8,10-11,20H,4H2,1-2H3,(H2,15,16,17);;/t2*8-,10-,11+;;/m10../s1. The maximum absolute atomic E-state index is 9.58. The van der Waals surface area contributed by atoms with Crippen LogP contribution in [0.1, 0.15) is 39.8 Å². The minimum Gasteiger partial charge on any atom is -0.392 e. The van der Waals surface area contributed by atoms with E-state index in [-0.39, 0.29) is 115 Å². The van der Waals surface area contributed by atoms with Crippen molar-refractivity contribution < 1.29 is 94.6 Å². The average Bonchev–Trinajstić information content (AvgIpc) is 3.80. The quantitative estimate of drug-likeness (QED) is 0.211. The first-order valence-corrected chi connectivity index (χ1v) is 14.2. The van der Waals surface area contributed by atoms with Gasteiger partial charge in [-0.2, -0.15) is 0 Å². The number of rotatable bonds is 4. The number of nitrogens with two attached hydrogens (primary N) is 2. The number of nitrogen functional groups attached to an aromatic ring is 2. The molecule has 0 aromatic carbocycles. The Labute approximate surface area is 314 Å². The topological polar surface area (TPSA) is 217 Å². The molecular weight excluding hydrogens is 750 g/mol. The van der Waals surface area contributed by atoms with Crippen LogP contribution in [0, 0.1) is 0 Å². The summed E-state index contributed by atoms with van der Waals surface area (Å²) in [4.78, 5) is 25.0. The summed E-state index contributed by atoms with van der Waals surface area (Å²) in [7, 11) is 0. The molecule has 6 heterocycles. The summed E-state index contributed by atoms with van der Waals surface area (Å²) < 4.78 is 27.6. The van der Waals surface area contributed by atoms with Gasteiger partial charge in [0.1, 0.15) is 48.1 Å². The van der Waals surface area contributed by atoms with E-state index in [9.17, 15) is 10.2 Å². The Morgan fingerprint density at radius 3 is 1.41 bits per heavy atom. The number of anilines is 2. The van der Waals surface area contributed by atoms with Gasteiger partial charge in [0, 0.05) is 65.4 Å². The van der Waals surface area contributed by atoms with E-state index < -0.39 is 11.6 Å². The van der Waals surface area contributed by atoms with Crippen molar-refractivity contribution in [3.05, 3.63) is 48.6 Å². The van der Waals surface area contributed by atoms with Crippen molar-refractivity contribution in [3.8, 4) is 0 Å². The number of imidazole rings is 2. The van der Waals surface area contributed by atoms with E-state index in [0.717, 1.165) is 11.1 Å². The Hall–Kier alpha value is -1.85. The normalized spacial score (nSPS) is 28.5. The van der Waals surface area contributed by atoms with Crippen molar-refractivity contribution in [3.63, 3.8) is 0 Å². The first kappa shape index (κ1) is 35.5. The molecule has 2 aliphatic heterocycles. The van der Waals surface area contributed by atoms with Crippen molar-refractivity contribution in [2.24, 2.45) is 0 Å². The summed E-state index contributed by atoms with van der Waals surface area (Å²) in [6.07, 6.45) is 9.07. The van der Waals surface area contributed by atoms with Crippen LogP contribution < -0.4 is 11.5 Å². The van der Waals surface area contributed by atoms with Gasteiger partial charge in [-0.3, -0.25) is 0 Å². The average molecular weight is 784 g/mol. The number of aliphatic hydroxyl groups is 2. The van der Waals surface area contributed by atoms with Crippen molar-refractivity contribution in [2.75, 3.05) is 24.7 Å². The summed E-state index contributed by atoms with van der Waals surface area (Å²) in [5.74, 6) is -0.693. The van der Waals surface area contributed by atoms with E-state index in [2.05, 4.69) is 29.9 Å². The minimum absolute atomic E-state index is 0. The van der Waals surface area contributed by atoms with Gasteiger partial charge >= 0.3 is 0 Å². The summed E-state index contributed by atoms with van der Waals surface area (Å²) in [6.45, 7) is 7.32. The van der Waals surface area contributed by atoms with Crippen LogP contribution in [-0.2, 0) is 84.4 Å². The van der Waals surface area contributed by atoms with Crippen LogP contribution in [0.4, 0.5) is 11.6 Å². The van der Waals surface area contributed by atoms with Crippen LogP contribution in [0.2, 0.25) is 0 Å². The van der Waals surface area contributed by atoms with Gasteiger partial charge in [0.2, 0.25) is 0 Å². The van der Waals surface area contributed by atoms with Crippen LogP contribution in [0.3, 0.4) is 0 Å². The Balaban J connectivity index is 0.000000174. The second-order valence-corrected chi connectivity index (χ2v) is 12.0. The molecule has 4 aliphatic rings. The Bertz CT molecular complexity index is 1680. The van der Waals surface area contributed by atoms with E-state index in [0.29, 0.717) is 34.0 Å². The Morgan fingerprint density at radius 2 is 1.04 bits per heavy atom. The number of aliphatic hydroxyl groups excluding tert-OH is 2. The molecule has 2 aliphatic carbocycles. The van der Waals surface area contributed by atoms with Crippen LogP contribution >= 0.6 is 0 Å². The molecule has 4 aromatic rings. The number of nitrogens with zero attached hydrogens (tertiary/aromatic N) is 8. The second kappa shape index (κ2) is 13.2. The first-order chi connectivity index (χ1) is 21.0. The van der Waals surface area contributed by atoms with E-state index in [4.69, 9.17) is 30.4 Å². The molecule has 0 amide bonds. The number of ether oxygens (including phenoxy) is 4. The predicted octanol–water partition coefficient (Wildman–Crippen LogP) is 0.799. The molecule has 0 saturated carbocycles. The van der Waals surface area contributed by atoms with Gasteiger partial charge in [0.05, 0.1) is 38.0 Å². The molecule has 6 atom stereocenters. The maximum Gasteiger partial charge on any atom is 0.166 e. The van der Waals surface area contributed by atoms with Crippen molar-refractivity contribution in [1.29, 1.82) is 0 Å². The molecule has 0 spiro atoms. The molecule has 6 N–H and O–H groups in total. The third kappa shape index (κ3) is 6.10. The number of hydrogen-bond acceptors (Lipinski definition) is 14. The zero-order valence-electron chi connectivity index (χ0n) is 25.8. The van der Waals surface area contributed by atoms with Gasteiger partial charge in [-0.05, 0) is 38.8 Å². The predicted molar refractivity (Wildman–Crippen MR) is 156 cm³/mol. The molecule has 8 rings (SSSR count). The molecule has 46 heavy (non-hydrogen) atoms. The van der Waals surface area contributed by atoms with Crippen molar-refractivity contribution in [1.82, 2.24) is 39.0 Å². The fourth-order valence-corrected chi connectivity index (χ4v) is 6.41. The van der Waals surface area contributed by atoms with Crippen LogP contribution in [0.15, 0.2) is 48.6 Å². The van der Waals surface area contributed by atoms with Crippen molar-refractivity contribution in [2.45, 2.75) is 75.8 Å². The van der Waals surface area contributed by atoms with E-state index in [1.165, 1.54) is 12.7 Å². The summed E-state index contributed by atoms with van der Waals surface area (Å²) in [5, 5.41) is 19.2. The third-order valence-corrected chi connectivity index (χ3v) is 8.21. The molecule has 2 fully saturated rings. The third-order valence-electron chi connectivity index (χ3n) is 8.21. The monoisotopic (exact) mass is 784 g/mol. The molecular formula is C28H34N10O6Y2. The molecule has 2 radical (unpaired) electrons. The SMILES string of the molecule is CC1(C)O[C@@H]2[C@H](O1)C(CO)=C[C@H]2n1cnc2c(N)ncnc21.CC1(C)O[C@H]2[C@@H](O1)C(CO)=C[C@@H]2n1cnc2c(N)ncnc21.[Y].[Y]. The summed E-state index contributed by atoms with van der Waals surface area (Å²) in [5.41, 5.74) is 15.7. The molecule has 4 aromatic heterocycles. The van der Waals surface area contributed by atoms with E-state index in [1.54, 1.807) is 12.7 Å². The molecule has 0 unspecified atom stereocenters. The molecule has 0 bridgehead atoms. The van der Waals surface area contributed by atoms with Crippen LogP contribution in [-0.4, -0.2) is 98.5 Å². The first-order valence-electron chi connectivity index (χ1n) is 14.2. The summed E-state index contributed by atoms with van der Waals surface area (Å²) in [6, 6.07) is -0.318. The smallest absolute Gasteiger partial charge is 0.166 e. The van der Waals surface area contributed by atoms with Crippen LogP contribution in [0.25, 0.3) is 22.3 Å². The zero-order valence-corrected chi connectivity index (χ0v) is 31.4. The largest absolute Gasteiger partial charge is 0.392 e. The van der Waals surface area contributed by atoms with Crippen molar-refractivity contribution >= 4 is 34.0 Å². The van der Waals surface area contributed by atoms with Gasteiger partial charge in [-0.1, -0.05) is 12.2 Å². The number of fused-ring (bicyclic) bond motifs is 4. The Morgan fingerprint density at radius 1 is 0.652 bits per heavy atom. The fourth-order valence-electron chi connectivity index (χ4n) is 6.41. The molecule has 2 saturated heterocycles. The minimum atomic E-state index is -0.688. The molecule has 16 nitrogen and oxygen atoms in total. The number of aromatic nitrogens is 8. The van der Waals surface area contributed by atoms with E-state index in [1.807, 2.05) is 49.0 Å². The van der Waals surface area contributed by atoms with Crippen LogP contribution in [0.5, 0.6) is 0 Å².